The molecule has 1 fully saturated rings. The fourth-order valence-corrected chi connectivity index (χ4v) is 5.47. The van der Waals surface area contributed by atoms with E-state index < -0.39 is 34.1 Å². The number of aromatic nitrogens is 4. The summed E-state index contributed by atoms with van der Waals surface area (Å²) < 4.78 is 32.6. The van der Waals surface area contributed by atoms with Gasteiger partial charge in [0.15, 0.2) is 0 Å². The Hall–Kier alpha value is -5.76. The van der Waals surface area contributed by atoms with E-state index >= 15 is 0 Å². The summed E-state index contributed by atoms with van der Waals surface area (Å²) in [5, 5.41) is 22.3. The molecule has 45 heavy (non-hydrogen) atoms. The summed E-state index contributed by atoms with van der Waals surface area (Å²) in [6, 6.07) is 13.4. The summed E-state index contributed by atoms with van der Waals surface area (Å²) in [6.07, 6.45) is 1.20. The third-order valence-electron chi connectivity index (χ3n) is 7.91. The molecule has 1 N–H and O–H groups in total. The lowest BCUT2D eigenvalue weighted by atomic mass is 10.1. The van der Waals surface area contributed by atoms with Gasteiger partial charge in [0.05, 0.1) is 36.4 Å². The number of benzene rings is 2. The number of hydrogen-bond acceptors (Lipinski definition) is 8. The molecule has 1 aliphatic rings. The molecule has 0 unspecified atom stereocenters. The fraction of sp³-hybridized carbons (Fsp3) is 0.290. The fourth-order valence-electron chi connectivity index (χ4n) is 5.47. The highest BCUT2D eigenvalue weighted by molar-refractivity contribution is 5.45. The summed E-state index contributed by atoms with van der Waals surface area (Å²) in [5.41, 5.74) is -1.57. The normalized spacial score (nSPS) is 14.5. The van der Waals surface area contributed by atoms with Crippen molar-refractivity contribution in [3.8, 4) is 12.1 Å². The average Bonchev–Trinajstić information content (AvgIpc) is 3.02. The topological polar surface area (TPSA) is 151 Å². The highest BCUT2D eigenvalue weighted by atomic mass is 19.1. The van der Waals surface area contributed by atoms with Crippen LogP contribution in [0.25, 0.3) is 0 Å². The van der Waals surface area contributed by atoms with Crippen LogP contribution in [-0.2, 0) is 27.2 Å². The first-order valence-electron chi connectivity index (χ1n) is 14.0. The Morgan fingerprint density at radius 2 is 1.33 bits per heavy atom. The SMILES string of the molecule is Cn1c(=O)cc(N[C@@H]2CCCN(c3cc(=O)n(C)c(=O)n3Cc3cc(F)ccc3C#N)C2)n(Cc2cc(F)ccc2C#N)c1=O. The van der Waals surface area contributed by atoms with Gasteiger partial charge in [-0.1, -0.05) is 0 Å². The van der Waals surface area contributed by atoms with E-state index in [-0.39, 0.29) is 59.6 Å². The summed E-state index contributed by atoms with van der Waals surface area (Å²) in [4.78, 5) is 53.7. The van der Waals surface area contributed by atoms with Gasteiger partial charge >= 0.3 is 11.4 Å². The predicted molar refractivity (Wildman–Crippen MR) is 161 cm³/mol. The van der Waals surface area contributed by atoms with E-state index in [9.17, 15) is 38.5 Å². The summed E-state index contributed by atoms with van der Waals surface area (Å²) >= 11 is 0. The van der Waals surface area contributed by atoms with Crippen molar-refractivity contribution in [2.75, 3.05) is 23.3 Å². The second-order valence-corrected chi connectivity index (χ2v) is 10.8. The van der Waals surface area contributed by atoms with Gasteiger partial charge in [-0.15, -0.1) is 0 Å². The molecule has 2 aromatic carbocycles. The van der Waals surface area contributed by atoms with Gasteiger partial charge in [0.25, 0.3) is 11.1 Å². The molecule has 230 valence electrons. The van der Waals surface area contributed by atoms with Crippen LogP contribution < -0.4 is 32.7 Å². The molecular weight excluding hydrogens is 586 g/mol. The van der Waals surface area contributed by atoms with Crippen molar-refractivity contribution in [3.05, 3.63) is 124 Å². The van der Waals surface area contributed by atoms with Gasteiger partial charge in [0.1, 0.15) is 23.3 Å². The molecule has 0 radical (unpaired) electrons. The number of hydrogen-bond donors (Lipinski definition) is 1. The second-order valence-electron chi connectivity index (χ2n) is 10.8. The van der Waals surface area contributed by atoms with Crippen molar-refractivity contribution in [2.45, 2.75) is 32.0 Å². The zero-order valence-electron chi connectivity index (χ0n) is 24.5. The highest BCUT2D eigenvalue weighted by Crippen LogP contribution is 2.23. The molecule has 0 saturated carbocycles. The standard InChI is InChI=1S/C31H28F2N8O4/c1-37-28(42)12-26(40(30(37)44)16-21-10-23(32)7-5-19(21)14-34)36-25-4-3-9-39(18-25)27-13-29(43)38(2)31(45)41(27)17-22-11-24(33)8-6-20(22)15-35/h5-8,10-13,25,36H,3-4,9,16-18H2,1-2H3/t25-/m1/s1. The molecule has 2 aromatic heterocycles. The van der Waals surface area contributed by atoms with Gasteiger partial charge in [-0.25, -0.2) is 18.4 Å². The molecule has 0 aliphatic carbocycles. The molecule has 0 spiro atoms. The molecular formula is C31H28F2N8O4. The Balaban J connectivity index is 1.51. The van der Waals surface area contributed by atoms with Crippen molar-refractivity contribution in [1.29, 1.82) is 10.5 Å². The minimum absolute atomic E-state index is 0.155. The average molecular weight is 615 g/mol. The number of nitrogens with one attached hydrogen (secondary N) is 1. The molecule has 4 aromatic rings. The maximum Gasteiger partial charge on any atom is 0.332 e. The van der Waals surface area contributed by atoms with Crippen LogP contribution in [0.1, 0.15) is 35.1 Å². The van der Waals surface area contributed by atoms with Crippen molar-refractivity contribution >= 4 is 11.6 Å². The van der Waals surface area contributed by atoms with Crippen LogP contribution in [0.15, 0.2) is 67.7 Å². The zero-order valence-corrected chi connectivity index (χ0v) is 24.5. The van der Waals surface area contributed by atoms with Gasteiger partial charge in [-0.3, -0.25) is 27.9 Å². The van der Waals surface area contributed by atoms with E-state index in [2.05, 4.69) is 5.32 Å². The monoisotopic (exact) mass is 614 g/mol. The van der Waals surface area contributed by atoms with E-state index in [0.29, 0.717) is 19.4 Å². The second kappa shape index (κ2) is 12.5. The van der Waals surface area contributed by atoms with E-state index in [1.807, 2.05) is 12.1 Å². The van der Waals surface area contributed by atoms with Crippen LogP contribution in [0, 0.1) is 34.3 Å². The van der Waals surface area contributed by atoms with Crippen LogP contribution >= 0.6 is 0 Å². The highest BCUT2D eigenvalue weighted by Gasteiger charge is 2.25. The Labute approximate surface area is 254 Å². The van der Waals surface area contributed by atoms with Crippen molar-refractivity contribution in [2.24, 2.45) is 14.1 Å². The number of nitrogens with zero attached hydrogens (tertiary/aromatic N) is 7. The summed E-state index contributed by atoms with van der Waals surface area (Å²) in [5.74, 6) is -0.740. The summed E-state index contributed by atoms with van der Waals surface area (Å²) in [6.45, 7) is 0.348. The van der Waals surface area contributed by atoms with E-state index in [0.717, 1.165) is 27.3 Å². The molecule has 3 heterocycles. The number of rotatable bonds is 7. The molecule has 1 atom stereocenters. The Bertz CT molecular complexity index is 2130. The van der Waals surface area contributed by atoms with E-state index in [1.54, 1.807) is 4.90 Å². The quantitative estimate of drug-likeness (QED) is 0.330. The minimum Gasteiger partial charge on any atom is -0.367 e. The first-order valence-corrected chi connectivity index (χ1v) is 14.0. The van der Waals surface area contributed by atoms with E-state index in [4.69, 9.17) is 0 Å². The van der Waals surface area contributed by atoms with E-state index in [1.165, 1.54) is 53.6 Å². The largest absolute Gasteiger partial charge is 0.367 e. The third-order valence-corrected chi connectivity index (χ3v) is 7.91. The number of piperidine rings is 1. The number of anilines is 2. The van der Waals surface area contributed by atoms with Gasteiger partial charge in [-0.05, 0) is 60.4 Å². The van der Waals surface area contributed by atoms with Crippen LogP contribution in [0.3, 0.4) is 0 Å². The van der Waals surface area contributed by atoms with Gasteiger partial charge in [0, 0.05) is 45.4 Å². The van der Waals surface area contributed by atoms with Crippen LogP contribution in [0.4, 0.5) is 20.4 Å². The predicted octanol–water partition coefficient (Wildman–Crippen LogP) is 1.61. The zero-order chi connectivity index (χ0) is 32.4. The van der Waals surface area contributed by atoms with Gasteiger partial charge < -0.3 is 10.2 Å². The van der Waals surface area contributed by atoms with Crippen LogP contribution in [-0.4, -0.2) is 37.4 Å². The number of halogens is 2. The summed E-state index contributed by atoms with van der Waals surface area (Å²) in [7, 11) is 2.64. The molecule has 5 rings (SSSR count). The van der Waals surface area contributed by atoms with Gasteiger partial charge in [0.2, 0.25) is 0 Å². The Kier molecular flexibility index (Phi) is 8.50. The third kappa shape index (κ3) is 6.17. The first-order chi connectivity index (χ1) is 21.5. The molecule has 1 saturated heterocycles. The lowest BCUT2D eigenvalue weighted by Crippen LogP contribution is -2.48. The van der Waals surface area contributed by atoms with Crippen molar-refractivity contribution in [3.63, 3.8) is 0 Å². The lowest BCUT2D eigenvalue weighted by Gasteiger charge is -2.36. The Morgan fingerprint density at radius 1 is 0.800 bits per heavy atom. The maximum atomic E-state index is 14.1. The molecule has 1 aliphatic heterocycles. The Morgan fingerprint density at radius 3 is 1.91 bits per heavy atom. The van der Waals surface area contributed by atoms with Crippen LogP contribution in [0.5, 0.6) is 0 Å². The molecule has 14 heteroatoms. The lowest BCUT2D eigenvalue weighted by molar-refractivity contribution is 0.506. The molecule has 0 bridgehead atoms. The minimum atomic E-state index is -0.672. The smallest absolute Gasteiger partial charge is 0.332 e. The maximum absolute atomic E-state index is 14.1. The van der Waals surface area contributed by atoms with Crippen molar-refractivity contribution in [1.82, 2.24) is 18.3 Å². The van der Waals surface area contributed by atoms with Crippen LogP contribution in [0.2, 0.25) is 0 Å². The van der Waals surface area contributed by atoms with Crippen molar-refractivity contribution < 1.29 is 8.78 Å². The first kappa shape index (κ1) is 30.7. The molecule has 0 amide bonds. The molecule has 12 nitrogen and oxygen atoms in total. The van der Waals surface area contributed by atoms with Gasteiger partial charge in [-0.2, -0.15) is 10.5 Å². The number of nitriles is 2.